The van der Waals surface area contributed by atoms with Crippen molar-refractivity contribution in [2.45, 2.75) is 77.4 Å². The third-order valence-corrected chi connectivity index (χ3v) is 5.63. The van der Waals surface area contributed by atoms with Crippen LogP contribution in [0.4, 0.5) is 0 Å². The molecule has 0 unspecified atom stereocenters. The zero-order valence-corrected chi connectivity index (χ0v) is 18.7. The molecule has 1 aromatic carbocycles. The molecular formula is C24H36N4O3. The lowest BCUT2D eigenvalue weighted by Gasteiger charge is -2.22. The van der Waals surface area contributed by atoms with Crippen molar-refractivity contribution in [3.63, 3.8) is 0 Å². The molecule has 2 N–H and O–H groups in total. The molecule has 1 atom stereocenters. The molecular weight excluding hydrogens is 392 g/mol. The molecule has 1 aromatic heterocycles. The Balaban J connectivity index is 1.37. The number of hydrogen-bond acceptors (Lipinski definition) is 6. The number of aryl methyl sites for hydroxylation is 1. The van der Waals surface area contributed by atoms with Crippen molar-refractivity contribution in [1.82, 2.24) is 20.8 Å². The minimum absolute atomic E-state index is 0.169. The summed E-state index contributed by atoms with van der Waals surface area (Å²) in [7, 11) is 0. The number of aromatic nitrogens is 2. The number of nitrogens with one attached hydrogen (secondary N) is 2. The van der Waals surface area contributed by atoms with E-state index in [1.54, 1.807) is 0 Å². The van der Waals surface area contributed by atoms with E-state index in [4.69, 9.17) is 9.26 Å². The van der Waals surface area contributed by atoms with Crippen molar-refractivity contribution in [2.75, 3.05) is 19.7 Å². The highest BCUT2D eigenvalue weighted by molar-refractivity contribution is 5.81. The van der Waals surface area contributed by atoms with Crippen molar-refractivity contribution in [2.24, 2.45) is 0 Å². The molecule has 1 saturated heterocycles. The topological polar surface area (TPSA) is 89.3 Å². The number of morpholine rings is 1. The molecule has 7 heteroatoms. The number of hydrogen-bond donors (Lipinski definition) is 2. The van der Waals surface area contributed by atoms with E-state index in [2.05, 4.69) is 39.8 Å². The number of carbonyl (C=O) groups is 1. The number of amides is 1. The van der Waals surface area contributed by atoms with Crippen molar-refractivity contribution in [1.29, 1.82) is 0 Å². The quantitative estimate of drug-likeness (QED) is 0.468. The number of rotatable bonds is 13. The summed E-state index contributed by atoms with van der Waals surface area (Å²) in [6, 6.07) is 8.35. The molecule has 1 aliphatic heterocycles. The van der Waals surface area contributed by atoms with Crippen LogP contribution < -0.4 is 10.6 Å². The first kappa shape index (κ1) is 23.4. The molecule has 1 amide bonds. The van der Waals surface area contributed by atoms with Gasteiger partial charge in [0.25, 0.3) is 5.91 Å². The molecule has 31 heavy (non-hydrogen) atoms. The minimum atomic E-state index is -0.468. The lowest BCUT2D eigenvalue weighted by Crippen LogP contribution is -2.47. The van der Waals surface area contributed by atoms with E-state index < -0.39 is 6.10 Å². The number of unbranched alkanes of at least 4 members (excludes halogenated alkanes) is 7. The molecule has 1 aliphatic rings. The van der Waals surface area contributed by atoms with Crippen LogP contribution >= 0.6 is 0 Å². The normalized spacial score (nSPS) is 16.4. The largest absolute Gasteiger partial charge is 0.366 e. The summed E-state index contributed by atoms with van der Waals surface area (Å²) in [5.74, 6) is 0.755. The highest BCUT2D eigenvalue weighted by Gasteiger charge is 2.22. The highest BCUT2D eigenvalue weighted by Crippen LogP contribution is 2.18. The Bertz CT molecular complexity index is 769. The van der Waals surface area contributed by atoms with E-state index in [-0.39, 0.29) is 12.5 Å². The van der Waals surface area contributed by atoms with Gasteiger partial charge >= 0.3 is 0 Å². The molecule has 0 saturated carbocycles. The predicted molar refractivity (Wildman–Crippen MR) is 121 cm³/mol. The van der Waals surface area contributed by atoms with Crippen LogP contribution in [0.5, 0.6) is 0 Å². The molecule has 0 bridgehead atoms. The van der Waals surface area contributed by atoms with Crippen molar-refractivity contribution in [3.8, 4) is 11.4 Å². The van der Waals surface area contributed by atoms with Gasteiger partial charge in [-0.05, 0) is 18.4 Å². The fraction of sp³-hybridized carbons (Fsp3) is 0.625. The summed E-state index contributed by atoms with van der Waals surface area (Å²) in [5.41, 5.74) is 2.26. The van der Waals surface area contributed by atoms with Crippen LogP contribution in [0.25, 0.3) is 11.4 Å². The average Bonchev–Trinajstić information content (AvgIpc) is 3.29. The van der Waals surface area contributed by atoms with Gasteiger partial charge in [-0.1, -0.05) is 81.3 Å². The van der Waals surface area contributed by atoms with Crippen LogP contribution in [0.3, 0.4) is 0 Å². The molecule has 0 aliphatic carbocycles. The van der Waals surface area contributed by atoms with Gasteiger partial charge in [0.1, 0.15) is 6.10 Å². The minimum Gasteiger partial charge on any atom is -0.366 e. The Morgan fingerprint density at radius 2 is 1.84 bits per heavy atom. The summed E-state index contributed by atoms with van der Waals surface area (Å²) < 4.78 is 10.7. The van der Waals surface area contributed by atoms with Crippen LogP contribution in [-0.4, -0.2) is 41.8 Å². The van der Waals surface area contributed by atoms with Crippen LogP contribution in [0, 0.1) is 0 Å². The summed E-state index contributed by atoms with van der Waals surface area (Å²) in [6.45, 7) is 4.29. The van der Waals surface area contributed by atoms with Crippen molar-refractivity contribution < 1.29 is 14.1 Å². The lowest BCUT2D eigenvalue weighted by atomic mass is 10.0. The monoisotopic (exact) mass is 428 g/mol. The first-order chi connectivity index (χ1) is 15.3. The van der Waals surface area contributed by atoms with E-state index in [0.717, 1.165) is 18.5 Å². The van der Waals surface area contributed by atoms with Crippen LogP contribution in [0.15, 0.2) is 28.8 Å². The Kier molecular flexibility index (Phi) is 9.99. The van der Waals surface area contributed by atoms with E-state index in [9.17, 15) is 4.79 Å². The van der Waals surface area contributed by atoms with Gasteiger partial charge < -0.3 is 19.9 Å². The highest BCUT2D eigenvalue weighted by atomic mass is 16.5. The maximum Gasteiger partial charge on any atom is 0.250 e. The summed E-state index contributed by atoms with van der Waals surface area (Å²) >= 11 is 0. The Labute approximate surface area is 185 Å². The first-order valence-corrected chi connectivity index (χ1v) is 11.8. The zero-order valence-electron chi connectivity index (χ0n) is 18.7. The predicted octanol–water partition coefficient (Wildman–Crippen LogP) is 4.02. The second kappa shape index (κ2) is 13.2. The number of carbonyl (C=O) groups excluding carboxylic acids is 1. The van der Waals surface area contributed by atoms with Gasteiger partial charge in [-0.2, -0.15) is 4.98 Å². The lowest BCUT2D eigenvalue weighted by molar-refractivity contribution is -0.134. The standard InChI is InChI=1S/C24H36N4O3/c1-2-3-4-5-6-7-8-9-10-19-11-13-20(14-12-19)23-27-22(31-28-23)18-26-24(29)21-17-25-15-16-30-21/h11-14,21,25H,2-10,15-18H2,1H3,(H,26,29)/t21-/m1/s1. The number of ether oxygens (including phenoxy) is 1. The Morgan fingerprint density at radius 1 is 1.10 bits per heavy atom. The van der Waals surface area contributed by atoms with Gasteiger partial charge in [0.15, 0.2) is 0 Å². The van der Waals surface area contributed by atoms with Crippen LogP contribution in [-0.2, 0) is 22.5 Å². The van der Waals surface area contributed by atoms with Crippen molar-refractivity contribution >= 4 is 5.91 Å². The molecule has 2 aromatic rings. The Hall–Kier alpha value is -2.25. The summed E-state index contributed by atoms with van der Waals surface area (Å²) in [6.07, 6.45) is 11.3. The van der Waals surface area contributed by atoms with Gasteiger partial charge in [0.05, 0.1) is 13.2 Å². The SMILES string of the molecule is CCCCCCCCCCc1ccc(-c2noc(CNC(=O)[C@H]3CNCCO3)n2)cc1. The van der Waals surface area contributed by atoms with Gasteiger partial charge in [0, 0.05) is 18.7 Å². The van der Waals surface area contributed by atoms with Crippen LogP contribution in [0.1, 0.15) is 69.7 Å². The molecule has 2 heterocycles. The molecule has 0 radical (unpaired) electrons. The van der Waals surface area contributed by atoms with E-state index in [1.807, 2.05) is 12.1 Å². The first-order valence-electron chi connectivity index (χ1n) is 11.8. The third-order valence-electron chi connectivity index (χ3n) is 5.63. The van der Waals surface area contributed by atoms with E-state index in [0.29, 0.717) is 24.9 Å². The maximum absolute atomic E-state index is 12.1. The fourth-order valence-electron chi connectivity index (χ4n) is 3.74. The molecule has 7 nitrogen and oxygen atoms in total. The van der Waals surface area contributed by atoms with Crippen LogP contribution in [0.2, 0.25) is 0 Å². The summed E-state index contributed by atoms with van der Waals surface area (Å²) in [5, 5.41) is 9.97. The smallest absolute Gasteiger partial charge is 0.250 e. The van der Waals surface area contributed by atoms with Crippen molar-refractivity contribution in [3.05, 3.63) is 35.7 Å². The molecule has 3 rings (SSSR count). The molecule has 170 valence electrons. The van der Waals surface area contributed by atoms with Gasteiger partial charge in [-0.15, -0.1) is 0 Å². The zero-order chi connectivity index (χ0) is 21.7. The third kappa shape index (κ3) is 8.07. The van der Waals surface area contributed by atoms with E-state index in [1.165, 1.54) is 56.9 Å². The number of benzene rings is 1. The second-order valence-electron chi connectivity index (χ2n) is 8.21. The van der Waals surface area contributed by atoms with Gasteiger partial charge in [0.2, 0.25) is 11.7 Å². The number of nitrogens with zero attached hydrogens (tertiary/aromatic N) is 2. The van der Waals surface area contributed by atoms with E-state index >= 15 is 0 Å². The fourth-order valence-corrected chi connectivity index (χ4v) is 3.74. The molecule has 0 spiro atoms. The molecule has 1 fully saturated rings. The van der Waals surface area contributed by atoms with Gasteiger partial charge in [-0.25, -0.2) is 0 Å². The van der Waals surface area contributed by atoms with Gasteiger partial charge in [-0.3, -0.25) is 4.79 Å². The summed E-state index contributed by atoms with van der Waals surface area (Å²) in [4.78, 5) is 16.5. The average molecular weight is 429 g/mol. The second-order valence-corrected chi connectivity index (χ2v) is 8.21. The Morgan fingerprint density at radius 3 is 2.55 bits per heavy atom. The maximum atomic E-state index is 12.1.